The van der Waals surface area contributed by atoms with Crippen LogP contribution in [-0.2, 0) is 11.3 Å². The first-order valence-corrected chi connectivity index (χ1v) is 9.01. The summed E-state index contributed by atoms with van der Waals surface area (Å²) in [5, 5.41) is 3.37. The zero-order valence-electron chi connectivity index (χ0n) is 15.7. The van der Waals surface area contributed by atoms with E-state index in [9.17, 15) is 4.39 Å². The number of hydrogen-bond acceptors (Lipinski definition) is 4. The SMILES string of the molecule is CN=C(NCc1cccnc1Oc1cccc(F)c1)N1CCC(COC)C1. The van der Waals surface area contributed by atoms with Crippen molar-refractivity contribution in [2.75, 3.05) is 33.9 Å². The van der Waals surface area contributed by atoms with Gasteiger partial charge in [0.1, 0.15) is 11.6 Å². The van der Waals surface area contributed by atoms with Gasteiger partial charge in [0.15, 0.2) is 5.96 Å². The molecule has 1 aliphatic rings. The number of nitrogens with one attached hydrogen (secondary N) is 1. The molecule has 2 aromatic rings. The van der Waals surface area contributed by atoms with E-state index < -0.39 is 0 Å². The van der Waals surface area contributed by atoms with Crippen molar-refractivity contribution in [2.24, 2.45) is 10.9 Å². The van der Waals surface area contributed by atoms with Crippen LogP contribution in [0.1, 0.15) is 12.0 Å². The molecule has 0 spiro atoms. The zero-order valence-corrected chi connectivity index (χ0v) is 15.7. The lowest BCUT2D eigenvalue weighted by Crippen LogP contribution is -2.39. The zero-order chi connectivity index (χ0) is 19.1. The first kappa shape index (κ1) is 19.1. The van der Waals surface area contributed by atoms with Crippen LogP contribution in [0.2, 0.25) is 0 Å². The minimum Gasteiger partial charge on any atom is -0.439 e. The smallest absolute Gasteiger partial charge is 0.224 e. The van der Waals surface area contributed by atoms with E-state index in [1.807, 2.05) is 12.1 Å². The summed E-state index contributed by atoms with van der Waals surface area (Å²) < 4.78 is 24.4. The van der Waals surface area contributed by atoms with Gasteiger partial charge in [-0.05, 0) is 24.6 Å². The molecule has 0 radical (unpaired) electrons. The number of methoxy groups -OCH3 is 1. The number of rotatable bonds is 6. The Balaban J connectivity index is 1.64. The lowest BCUT2D eigenvalue weighted by atomic mass is 10.1. The fourth-order valence-electron chi connectivity index (χ4n) is 3.20. The summed E-state index contributed by atoms with van der Waals surface area (Å²) >= 11 is 0. The molecule has 7 heteroatoms. The van der Waals surface area contributed by atoms with Crippen molar-refractivity contribution in [2.45, 2.75) is 13.0 Å². The molecule has 2 heterocycles. The summed E-state index contributed by atoms with van der Waals surface area (Å²) in [4.78, 5) is 10.9. The number of pyridine rings is 1. The number of likely N-dealkylation sites (tertiary alicyclic amines) is 1. The van der Waals surface area contributed by atoms with Crippen LogP contribution in [0.4, 0.5) is 4.39 Å². The fourth-order valence-corrected chi connectivity index (χ4v) is 3.20. The molecule has 6 nitrogen and oxygen atoms in total. The number of aromatic nitrogens is 1. The van der Waals surface area contributed by atoms with Gasteiger partial charge in [-0.25, -0.2) is 9.37 Å². The number of guanidine groups is 1. The van der Waals surface area contributed by atoms with Crippen LogP contribution in [0, 0.1) is 11.7 Å². The average Bonchev–Trinajstić information content (AvgIpc) is 3.12. The van der Waals surface area contributed by atoms with Gasteiger partial charge in [0.25, 0.3) is 0 Å². The van der Waals surface area contributed by atoms with E-state index in [0.717, 1.165) is 37.6 Å². The fraction of sp³-hybridized carbons (Fsp3) is 0.400. The second-order valence-electron chi connectivity index (χ2n) is 6.48. The van der Waals surface area contributed by atoms with Gasteiger partial charge in [0.05, 0.1) is 6.61 Å². The van der Waals surface area contributed by atoms with E-state index in [1.54, 1.807) is 32.5 Å². The normalized spacial score (nSPS) is 17.2. The van der Waals surface area contributed by atoms with E-state index >= 15 is 0 Å². The Morgan fingerprint density at radius 3 is 3.04 bits per heavy atom. The Morgan fingerprint density at radius 1 is 1.37 bits per heavy atom. The molecule has 27 heavy (non-hydrogen) atoms. The van der Waals surface area contributed by atoms with Crippen molar-refractivity contribution in [3.8, 4) is 11.6 Å². The predicted molar refractivity (Wildman–Crippen MR) is 102 cm³/mol. The minimum atomic E-state index is -0.344. The molecule has 1 aliphatic heterocycles. The molecule has 1 N–H and O–H groups in total. The number of nitrogens with zero attached hydrogens (tertiary/aromatic N) is 3. The van der Waals surface area contributed by atoms with Gasteiger partial charge in [-0.3, -0.25) is 4.99 Å². The van der Waals surface area contributed by atoms with Gasteiger partial charge in [-0.15, -0.1) is 0 Å². The van der Waals surface area contributed by atoms with Gasteiger partial charge >= 0.3 is 0 Å². The highest BCUT2D eigenvalue weighted by molar-refractivity contribution is 5.80. The van der Waals surface area contributed by atoms with Crippen LogP contribution in [0.15, 0.2) is 47.6 Å². The maximum atomic E-state index is 13.4. The van der Waals surface area contributed by atoms with Crippen LogP contribution in [0.25, 0.3) is 0 Å². The summed E-state index contributed by atoms with van der Waals surface area (Å²) in [6.07, 6.45) is 2.75. The second-order valence-corrected chi connectivity index (χ2v) is 6.48. The largest absolute Gasteiger partial charge is 0.439 e. The summed E-state index contributed by atoms with van der Waals surface area (Å²) in [5.74, 6) is 1.89. The third-order valence-corrected chi connectivity index (χ3v) is 4.50. The topological polar surface area (TPSA) is 59.0 Å². The Hall–Kier alpha value is -2.67. The highest BCUT2D eigenvalue weighted by Gasteiger charge is 2.24. The van der Waals surface area contributed by atoms with E-state index in [-0.39, 0.29) is 5.82 Å². The van der Waals surface area contributed by atoms with Crippen molar-refractivity contribution >= 4 is 5.96 Å². The molecule has 1 unspecified atom stereocenters. The van der Waals surface area contributed by atoms with Crippen LogP contribution in [-0.4, -0.2) is 49.7 Å². The predicted octanol–water partition coefficient (Wildman–Crippen LogP) is 3.06. The molecular formula is C20H25FN4O2. The van der Waals surface area contributed by atoms with Crippen molar-refractivity contribution in [1.29, 1.82) is 0 Å². The Kier molecular flexibility index (Phi) is 6.59. The molecule has 0 bridgehead atoms. The summed E-state index contributed by atoms with van der Waals surface area (Å²) in [6.45, 7) is 3.15. The molecule has 3 rings (SSSR count). The summed E-state index contributed by atoms with van der Waals surface area (Å²) in [5.41, 5.74) is 0.871. The quantitative estimate of drug-likeness (QED) is 0.624. The number of ether oxygens (including phenoxy) is 2. The van der Waals surface area contributed by atoms with Crippen LogP contribution in [0.5, 0.6) is 11.6 Å². The van der Waals surface area contributed by atoms with Crippen LogP contribution in [0.3, 0.4) is 0 Å². The Labute approximate surface area is 159 Å². The van der Waals surface area contributed by atoms with Crippen molar-refractivity contribution < 1.29 is 13.9 Å². The monoisotopic (exact) mass is 372 g/mol. The molecule has 1 fully saturated rings. The molecule has 0 amide bonds. The van der Waals surface area contributed by atoms with Crippen molar-refractivity contribution in [1.82, 2.24) is 15.2 Å². The first-order chi connectivity index (χ1) is 13.2. The van der Waals surface area contributed by atoms with Crippen molar-refractivity contribution in [3.63, 3.8) is 0 Å². The van der Waals surface area contributed by atoms with Crippen LogP contribution < -0.4 is 10.1 Å². The maximum Gasteiger partial charge on any atom is 0.224 e. The van der Waals surface area contributed by atoms with E-state index in [1.165, 1.54) is 12.1 Å². The van der Waals surface area contributed by atoms with Gasteiger partial charge in [-0.1, -0.05) is 12.1 Å². The molecular weight excluding hydrogens is 347 g/mol. The minimum absolute atomic E-state index is 0.344. The molecule has 0 aliphatic carbocycles. The molecule has 1 atom stereocenters. The average molecular weight is 372 g/mol. The number of hydrogen-bond donors (Lipinski definition) is 1. The third-order valence-electron chi connectivity index (χ3n) is 4.50. The Bertz CT molecular complexity index is 784. The molecule has 1 aromatic heterocycles. The van der Waals surface area contributed by atoms with E-state index in [2.05, 4.69) is 20.2 Å². The standard InChI is InChI=1S/C20H25FN4O2/c1-22-20(25-10-8-15(13-25)14-26-2)24-12-16-5-4-9-23-19(16)27-18-7-3-6-17(21)11-18/h3-7,9,11,15H,8,10,12-14H2,1-2H3,(H,22,24). The molecule has 1 aromatic carbocycles. The van der Waals surface area contributed by atoms with Crippen LogP contribution >= 0.6 is 0 Å². The highest BCUT2D eigenvalue weighted by atomic mass is 19.1. The van der Waals surface area contributed by atoms with Gasteiger partial charge in [0.2, 0.25) is 5.88 Å². The summed E-state index contributed by atoms with van der Waals surface area (Å²) in [7, 11) is 3.51. The molecule has 144 valence electrons. The number of aliphatic imine (C=N–C) groups is 1. The molecule has 1 saturated heterocycles. The highest BCUT2D eigenvalue weighted by Crippen LogP contribution is 2.23. The number of benzene rings is 1. The van der Waals surface area contributed by atoms with E-state index in [0.29, 0.717) is 24.1 Å². The van der Waals surface area contributed by atoms with Gasteiger partial charge in [0, 0.05) is 57.5 Å². The number of halogens is 1. The lowest BCUT2D eigenvalue weighted by Gasteiger charge is -2.22. The van der Waals surface area contributed by atoms with E-state index in [4.69, 9.17) is 9.47 Å². The third kappa shape index (κ3) is 5.17. The first-order valence-electron chi connectivity index (χ1n) is 9.01. The van der Waals surface area contributed by atoms with Gasteiger partial charge in [-0.2, -0.15) is 0 Å². The maximum absolute atomic E-state index is 13.4. The van der Waals surface area contributed by atoms with Gasteiger partial charge < -0.3 is 19.7 Å². The van der Waals surface area contributed by atoms with Crippen molar-refractivity contribution in [3.05, 3.63) is 54.0 Å². The Morgan fingerprint density at radius 2 is 2.26 bits per heavy atom. The molecule has 0 saturated carbocycles. The second kappa shape index (κ2) is 9.32. The lowest BCUT2D eigenvalue weighted by molar-refractivity contribution is 0.157. The summed E-state index contributed by atoms with van der Waals surface area (Å²) in [6, 6.07) is 9.81.